The van der Waals surface area contributed by atoms with Crippen LogP contribution in [0.1, 0.15) is 20.7 Å². The molecule has 0 bridgehead atoms. The Morgan fingerprint density at radius 1 is 0.923 bits per heavy atom. The van der Waals surface area contributed by atoms with Gasteiger partial charge in [0.05, 0.1) is 27.3 Å². The minimum absolute atomic E-state index is 0.0769. The van der Waals surface area contributed by atoms with E-state index in [0.717, 1.165) is 0 Å². The predicted molar refractivity (Wildman–Crippen MR) is 94.0 cm³/mol. The molecule has 26 heavy (non-hydrogen) atoms. The first-order valence-corrected chi connectivity index (χ1v) is 7.59. The summed E-state index contributed by atoms with van der Waals surface area (Å²) in [5.74, 6) is -0.349. The Morgan fingerprint density at radius 3 is 1.96 bits per heavy atom. The lowest BCUT2D eigenvalue weighted by atomic mass is 10.1. The largest absolute Gasteiger partial charge is 0.545 e. The fraction of sp³-hybridized carbons (Fsp3) is 0.158. The van der Waals surface area contributed by atoms with Gasteiger partial charge in [0.2, 0.25) is 5.75 Å². The van der Waals surface area contributed by atoms with Crippen LogP contribution in [-0.2, 0) is 0 Å². The van der Waals surface area contributed by atoms with E-state index in [1.54, 1.807) is 24.3 Å². The van der Waals surface area contributed by atoms with Crippen LogP contribution < -0.4 is 24.6 Å². The van der Waals surface area contributed by atoms with Gasteiger partial charge >= 0.3 is 0 Å². The fourth-order valence-corrected chi connectivity index (χ4v) is 2.24. The van der Waals surface area contributed by atoms with Crippen molar-refractivity contribution in [3.8, 4) is 17.2 Å². The van der Waals surface area contributed by atoms with Crippen LogP contribution in [0.2, 0.25) is 0 Å². The number of rotatable bonds is 8. The molecule has 0 amide bonds. The van der Waals surface area contributed by atoms with Crippen LogP contribution in [0.4, 0.5) is 5.69 Å². The van der Waals surface area contributed by atoms with E-state index in [4.69, 9.17) is 14.2 Å². The zero-order valence-corrected chi connectivity index (χ0v) is 14.6. The zero-order valence-electron chi connectivity index (χ0n) is 14.6. The number of hydrogen-bond donors (Lipinski definition) is 1. The quantitative estimate of drug-likeness (QED) is 0.570. The molecule has 0 aromatic heterocycles. The number of carboxylic acid groups (broad SMARTS) is 1. The number of allylic oxidation sites excluding steroid dienone is 1. The molecule has 0 aliphatic rings. The van der Waals surface area contributed by atoms with Crippen molar-refractivity contribution >= 4 is 17.4 Å². The molecule has 7 nitrogen and oxygen atoms in total. The highest BCUT2D eigenvalue weighted by Gasteiger charge is 2.15. The molecule has 2 rings (SSSR count). The smallest absolute Gasteiger partial charge is 0.203 e. The van der Waals surface area contributed by atoms with Crippen LogP contribution in [0.5, 0.6) is 17.2 Å². The van der Waals surface area contributed by atoms with Gasteiger partial charge in [-0.2, -0.15) is 0 Å². The van der Waals surface area contributed by atoms with Gasteiger partial charge in [0.1, 0.15) is 0 Å². The summed E-state index contributed by atoms with van der Waals surface area (Å²) in [6.45, 7) is 0. The molecule has 0 aliphatic carbocycles. The van der Waals surface area contributed by atoms with Crippen LogP contribution in [0.3, 0.4) is 0 Å². The van der Waals surface area contributed by atoms with Crippen molar-refractivity contribution < 1.29 is 28.9 Å². The standard InChI is InChI=1S/C19H19NO6/c1-24-16-10-13(11-17(25-2)18(16)26-3)15(21)8-9-20-14-6-4-12(5-7-14)19(22)23/h4-11,20H,1-3H3,(H,22,23)/p-1/b9-8+. The summed E-state index contributed by atoms with van der Waals surface area (Å²) in [6.07, 6.45) is 2.80. The highest BCUT2D eigenvalue weighted by molar-refractivity contribution is 6.05. The number of ether oxygens (including phenoxy) is 3. The maximum atomic E-state index is 12.3. The van der Waals surface area contributed by atoms with E-state index >= 15 is 0 Å². The van der Waals surface area contributed by atoms with Gasteiger partial charge in [-0.1, -0.05) is 12.1 Å². The number of carbonyl (C=O) groups excluding carboxylic acids is 2. The van der Waals surface area contributed by atoms with Crippen molar-refractivity contribution in [1.82, 2.24) is 0 Å². The molecule has 2 aromatic rings. The van der Waals surface area contributed by atoms with Gasteiger partial charge in [-0.15, -0.1) is 0 Å². The van der Waals surface area contributed by atoms with Gasteiger partial charge in [0.25, 0.3) is 0 Å². The average Bonchev–Trinajstić information content (AvgIpc) is 2.66. The molecule has 0 spiro atoms. The van der Waals surface area contributed by atoms with Crippen LogP contribution in [0, 0.1) is 0 Å². The maximum Gasteiger partial charge on any atom is 0.203 e. The first kappa shape index (κ1) is 18.9. The molecule has 1 N–H and O–H groups in total. The number of carboxylic acids is 1. The van der Waals surface area contributed by atoms with E-state index < -0.39 is 5.97 Å². The molecule has 0 saturated heterocycles. The van der Waals surface area contributed by atoms with Crippen LogP contribution >= 0.6 is 0 Å². The monoisotopic (exact) mass is 356 g/mol. The average molecular weight is 356 g/mol. The van der Waals surface area contributed by atoms with Crippen molar-refractivity contribution in [3.05, 3.63) is 59.8 Å². The van der Waals surface area contributed by atoms with Gasteiger partial charge < -0.3 is 29.4 Å². The molecule has 0 atom stereocenters. The number of methoxy groups -OCH3 is 3. The Morgan fingerprint density at radius 2 is 1.50 bits per heavy atom. The van der Waals surface area contributed by atoms with E-state index in [1.807, 2.05) is 0 Å². The number of benzene rings is 2. The first-order chi connectivity index (χ1) is 12.5. The second kappa shape index (κ2) is 8.57. The highest BCUT2D eigenvalue weighted by atomic mass is 16.5. The highest BCUT2D eigenvalue weighted by Crippen LogP contribution is 2.38. The maximum absolute atomic E-state index is 12.3. The second-order valence-corrected chi connectivity index (χ2v) is 5.12. The summed E-state index contributed by atoms with van der Waals surface area (Å²) in [7, 11) is 4.43. The third-order valence-electron chi connectivity index (χ3n) is 3.55. The third-order valence-corrected chi connectivity index (χ3v) is 3.55. The Balaban J connectivity index is 2.13. The molecule has 2 aromatic carbocycles. The normalized spacial score (nSPS) is 10.4. The van der Waals surface area contributed by atoms with Crippen molar-refractivity contribution in [2.24, 2.45) is 0 Å². The number of ketones is 1. The summed E-state index contributed by atoms with van der Waals surface area (Å²) in [5.41, 5.74) is 1.07. The number of anilines is 1. The summed E-state index contributed by atoms with van der Waals surface area (Å²) in [5, 5.41) is 13.6. The van der Waals surface area contributed by atoms with Crippen LogP contribution in [0.15, 0.2) is 48.7 Å². The lowest BCUT2D eigenvalue weighted by Crippen LogP contribution is -2.21. The summed E-state index contributed by atoms with van der Waals surface area (Å²) in [4.78, 5) is 23.1. The lowest BCUT2D eigenvalue weighted by Gasteiger charge is -2.13. The molecule has 7 heteroatoms. The van der Waals surface area contributed by atoms with Gasteiger partial charge in [0.15, 0.2) is 17.3 Å². The molecule has 0 fully saturated rings. The minimum atomic E-state index is -1.25. The van der Waals surface area contributed by atoms with Crippen molar-refractivity contribution in [2.45, 2.75) is 0 Å². The van der Waals surface area contributed by atoms with Gasteiger partial charge in [-0.05, 0) is 29.8 Å². The molecular weight excluding hydrogens is 338 g/mol. The lowest BCUT2D eigenvalue weighted by molar-refractivity contribution is -0.255. The Labute approximate surface area is 150 Å². The molecule has 136 valence electrons. The van der Waals surface area contributed by atoms with E-state index in [9.17, 15) is 14.7 Å². The topological polar surface area (TPSA) is 96.9 Å². The van der Waals surface area contributed by atoms with E-state index in [1.165, 1.54) is 45.7 Å². The molecule has 0 aliphatic heterocycles. The minimum Gasteiger partial charge on any atom is -0.545 e. The van der Waals surface area contributed by atoms with Gasteiger partial charge in [-0.25, -0.2) is 0 Å². The molecule has 0 saturated carbocycles. The van der Waals surface area contributed by atoms with Crippen LogP contribution in [-0.4, -0.2) is 33.1 Å². The van der Waals surface area contributed by atoms with Crippen molar-refractivity contribution in [1.29, 1.82) is 0 Å². The number of carbonyl (C=O) groups is 2. The van der Waals surface area contributed by atoms with E-state index in [2.05, 4.69) is 5.32 Å². The molecular formula is C19H18NO6-. The van der Waals surface area contributed by atoms with Crippen molar-refractivity contribution in [3.63, 3.8) is 0 Å². The van der Waals surface area contributed by atoms with Gasteiger partial charge in [0, 0.05) is 23.5 Å². The van der Waals surface area contributed by atoms with Crippen molar-refractivity contribution in [2.75, 3.05) is 26.6 Å². The fourth-order valence-electron chi connectivity index (χ4n) is 2.24. The Kier molecular flexibility index (Phi) is 6.21. The molecule has 0 radical (unpaired) electrons. The first-order valence-electron chi connectivity index (χ1n) is 7.59. The SMILES string of the molecule is COc1cc(C(=O)/C=C/Nc2ccc(C(=O)[O-])cc2)cc(OC)c1OC. The summed E-state index contributed by atoms with van der Waals surface area (Å²) < 4.78 is 15.7. The predicted octanol–water partition coefficient (Wildman–Crippen LogP) is 1.88. The third kappa shape index (κ3) is 4.32. The molecule has 0 unspecified atom stereocenters. The molecule has 0 heterocycles. The Hall–Kier alpha value is -3.48. The Bertz CT molecular complexity index is 801. The zero-order chi connectivity index (χ0) is 19.1. The number of hydrogen-bond acceptors (Lipinski definition) is 7. The summed E-state index contributed by atoms with van der Waals surface area (Å²) in [6, 6.07) is 9.07. The summed E-state index contributed by atoms with van der Waals surface area (Å²) >= 11 is 0. The van der Waals surface area contributed by atoms with Gasteiger partial charge in [-0.3, -0.25) is 4.79 Å². The van der Waals surface area contributed by atoms with E-state index in [-0.39, 0.29) is 11.3 Å². The number of aromatic carboxylic acids is 1. The second-order valence-electron chi connectivity index (χ2n) is 5.12. The van der Waals surface area contributed by atoms with E-state index in [0.29, 0.717) is 28.5 Å². The van der Waals surface area contributed by atoms with Crippen LogP contribution in [0.25, 0.3) is 0 Å². The number of nitrogens with one attached hydrogen (secondary N) is 1.